The van der Waals surface area contributed by atoms with Gasteiger partial charge < -0.3 is 15.1 Å². The molecule has 12 heteroatoms. The Morgan fingerprint density at radius 1 is 1.19 bits per heavy atom. The molecule has 2 aromatic carbocycles. The molecule has 0 bridgehead atoms. The number of hydrogen-bond acceptors (Lipinski definition) is 6. The van der Waals surface area contributed by atoms with Gasteiger partial charge >= 0.3 is 0 Å². The minimum Gasteiger partial charge on any atom is -0.618 e. The number of ether oxygens (including phenoxy) is 1. The first-order valence-electron chi connectivity index (χ1n) is 13.5. The Balaban J connectivity index is 1.58. The van der Waals surface area contributed by atoms with Crippen molar-refractivity contribution >= 4 is 29.1 Å². The number of nitrogens with zero attached hydrogens (tertiary/aromatic N) is 5. The van der Waals surface area contributed by atoms with Gasteiger partial charge in [-0.2, -0.15) is 15.1 Å². The second kappa shape index (κ2) is 10.3. The summed E-state index contributed by atoms with van der Waals surface area (Å²) in [5.41, 5.74) is -3.46. The lowest BCUT2D eigenvalue weighted by Gasteiger charge is -2.39. The number of aryl methyl sites for hydroxylation is 1. The van der Waals surface area contributed by atoms with Gasteiger partial charge in [-0.1, -0.05) is 35.3 Å². The van der Waals surface area contributed by atoms with Crippen molar-refractivity contribution in [2.45, 2.75) is 37.6 Å². The molecule has 3 heterocycles. The van der Waals surface area contributed by atoms with Gasteiger partial charge in [-0.15, -0.1) is 0 Å². The van der Waals surface area contributed by atoms with E-state index >= 15 is 4.39 Å². The number of hydrogen-bond donors (Lipinski definition) is 1. The topological polar surface area (TPSA) is 118 Å². The van der Waals surface area contributed by atoms with Crippen LogP contribution in [0.3, 0.4) is 0 Å². The Bertz CT molecular complexity index is 1800. The predicted molar refractivity (Wildman–Crippen MR) is 154 cm³/mol. The van der Waals surface area contributed by atoms with Crippen LogP contribution in [0.1, 0.15) is 58.1 Å². The van der Waals surface area contributed by atoms with Gasteiger partial charge in [0, 0.05) is 35.5 Å². The summed E-state index contributed by atoms with van der Waals surface area (Å²) in [5, 5.41) is 38.9. The zero-order valence-electron chi connectivity index (χ0n) is 23.2. The average Bonchev–Trinajstić information content (AvgIpc) is 3.55. The molecule has 220 valence electrons. The van der Waals surface area contributed by atoms with E-state index in [0.717, 1.165) is 6.20 Å². The molecule has 0 saturated heterocycles. The summed E-state index contributed by atoms with van der Waals surface area (Å²) < 4.78 is 25.2. The van der Waals surface area contributed by atoms with Gasteiger partial charge in [-0.05, 0) is 55.7 Å². The summed E-state index contributed by atoms with van der Waals surface area (Å²) in [7, 11) is 1.69. The molecule has 1 amide bonds. The third-order valence-electron chi connectivity index (χ3n) is 8.28. The highest BCUT2D eigenvalue weighted by Gasteiger charge is 2.57. The predicted octanol–water partition coefficient (Wildman–Crippen LogP) is 4.93. The van der Waals surface area contributed by atoms with Gasteiger partial charge in [0.25, 0.3) is 5.91 Å². The zero-order chi connectivity index (χ0) is 30.7. The highest BCUT2D eigenvalue weighted by molar-refractivity contribution is 6.30. The number of aromatic nitrogens is 3. The minimum atomic E-state index is -1.88. The standard InChI is InChI=1S/C31H26Cl2FN5O4/c1-29(41,21-13-36-37(2)14-21)20-11-25-27(26(34)12-20)31(19-3-5-22(32)6-4-19,43-18-30(17-35)9-10-30)38(28(25)40)16-24-8-7-23(33)15-39(24)42/h3-8,11-15,41H,9-10,16,18H2,1-2H3/t29?,31-/m1/s1. The molecular weight excluding hydrogens is 596 g/mol. The van der Waals surface area contributed by atoms with E-state index in [1.54, 1.807) is 37.5 Å². The lowest BCUT2D eigenvalue weighted by Crippen LogP contribution is -2.49. The lowest BCUT2D eigenvalue weighted by atomic mass is 9.85. The molecule has 4 aromatic rings. The maximum atomic E-state index is 16.6. The van der Waals surface area contributed by atoms with Crippen LogP contribution < -0.4 is 4.73 Å². The first-order valence-corrected chi connectivity index (χ1v) is 14.2. The van der Waals surface area contributed by atoms with Crippen LogP contribution in [0.4, 0.5) is 4.39 Å². The lowest BCUT2D eigenvalue weighted by molar-refractivity contribution is -0.615. The first kappa shape index (κ1) is 29.1. The first-order chi connectivity index (χ1) is 20.4. The Labute approximate surface area is 256 Å². The van der Waals surface area contributed by atoms with E-state index in [1.165, 1.54) is 47.0 Å². The van der Waals surface area contributed by atoms with Gasteiger partial charge in [-0.3, -0.25) is 14.4 Å². The Morgan fingerprint density at radius 3 is 2.49 bits per heavy atom. The van der Waals surface area contributed by atoms with E-state index < -0.39 is 28.5 Å². The maximum Gasteiger partial charge on any atom is 0.257 e. The molecule has 2 atom stereocenters. The average molecular weight is 622 g/mol. The smallest absolute Gasteiger partial charge is 0.257 e. The molecule has 6 rings (SSSR count). The fourth-order valence-corrected chi connectivity index (χ4v) is 5.79. The number of nitriles is 1. The number of rotatable bonds is 8. The molecule has 1 aliphatic heterocycles. The normalized spacial score (nSPS) is 20.0. The summed E-state index contributed by atoms with van der Waals surface area (Å²) in [6.45, 7) is 1.11. The van der Waals surface area contributed by atoms with Gasteiger partial charge in [0.05, 0.1) is 35.4 Å². The van der Waals surface area contributed by atoms with E-state index in [2.05, 4.69) is 11.2 Å². The van der Waals surface area contributed by atoms with E-state index in [1.807, 2.05) is 0 Å². The van der Waals surface area contributed by atoms with Gasteiger partial charge in [0.2, 0.25) is 11.4 Å². The second-order valence-electron chi connectivity index (χ2n) is 11.2. The summed E-state index contributed by atoms with van der Waals surface area (Å²) in [5.74, 6) is -1.44. The molecule has 2 aliphatic rings. The Kier molecular flexibility index (Phi) is 6.98. The summed E-state index contributed by atoms with van der Waals surface area (Å²) in [4.78, 5) is 15.6. The number of halogens is 3. The number of benzene rings is 2. The minimum absolute atomic E-state index is 0.0534. The van der Waals surface area contributed by atoms with E-state index in [-0.39, 0.29) is 40.6 Å². The summed E-state index contributed by atoms with van der Waals surface area (Å²) >= 11 is 12.2. The van der Waals surface area contributed by atoms with Gasteiger partial charge in [0.15, 0.2) is 6.20 Å². The second-order valence-corrected chi connectivity index (χ2v) is 12.1. The molecule has 1 fully saturated rings. The number of aliphatic hydroxyl groups is 1. The van der Waals surface area contributed by atoms with Crippen LogP contribution >= 0.6 is 23.2 Å². The molecule has 2 aromatic heterocycles. The van der Waals surface area contributed by atoms with Crippen molar-refractivity contribution in [3.63, 3.8) is 0 Å². The van der Waals surface area contributed by atoms with Gasteiger partial charge in [-0.25, -0.2) is 4.39 Å². The number of pyridine rings is 1. The Hall–Kier alpha value is -4.01. The Morgan fingerprint density at radius 2 is 1.88 bits per heavy atom. The van der Waals surface area contributed by atoms with Crippen LogP contribution in [0, 0.1) is 27.8 Å². The highest BCUT2D eigenvalue weighted by Crippen LogP contribution is 2.52. The summed E-state index contributed by atoms with van der Waals surface area (Å²) in [6, 6.07) is 14.3. The molecule has 1 aliphatic carbocycles. The van der Waals surface area contributed by atoms with Crippen LogP contribution in [-0.2, 0) is 29.7 Å². The quantitative estimate of drug-likeness (QED) is 0.220. The van der Waals surface area contributed by atoms with Crippen LogP contribution in [0.2, 0.25) is 10.0 Å². The third-order valence-corrected chi connectivity index (χ3v) is 8.75. The number of carbonyl (C=O) groups excluding carboxylic acids is 1. The van der Waals surface area contributed by atoms with Crippen molar-refractivity contribution < 1.29 is 23.8 Å². The number of carbonyl (C=O) groups is 1. The van der Waals surface area contributed by atoms with Crippen LogP contribution in [0.5, 0.6) is 0 Å². The number of amides is 1. The van der Waals surface area contributed by atoms with Crippen LogP contribution in [0.15, 0.2) is 67.1 Å². The van der Waals surface area contributed by atoms with E-state index in [9.17, 15) is 20.4 Å². The monoisotopic (exact) mass is 621 g/mol. The van der Waals surface area contributed by atoms with Crippen molar-refractivity contribution in [2.75, 3.05) is 6.61 Å². The van der Waals surface area contributed by atoms with Crippen molar-refractivity contribution in [3.8, 4) is 6.07 Å². The molecule has 1 saturated carbocycles. The molecule has 9 nitrogen and oxygen atoms in total. The third kappa shape index (κ3) is 4.82. The fraction of sp³-hybridized carbons (Fsp3) is 0.290. The molecular formula is C31H26Cl2FN5O4. The largest absolute Gasteiger partial charge is 0.618 e. The molecule has 1 unspecified atom stereocenters. The van der Waals surface area contributed by atoms with Crippen LogP contribution in [0.25, 0.3) is 0 Å². The van der Waals surface area contributed by atoms with Gasteiger partial charge in [0.1, 0.15) is 23.0 Å². The molecule has 43 heavy (non-hydrogen) atoms. The number of fused-ring (bicyclic) bond motifs is 1. The SMILES string of the molecule is Cn1cc(C(C)(O)c2cc(F)c3c(c2)C(=O)N(Cc2ccc(Cl)c[n+]2[O-])[C@@]3(OCC2(C#N)CC2)c2ccc(Cl)cc2)cn1. The molecule has 0 spiro atoms. The van der Waals surface area contributed by atoms with Crippen molar-refractivity contribution in [2.24, 2.45) is 12.5 Å². The van der Waals surface area contributed by atoms with Crippen molar-refractivity contribution in [3.05, 3.63) is 122 Å². The van der Waals surface area contributed by atoms with Crippen LogP contribution in [-0.4, -0.2) is 32.3 Å². The van der Waals surface area contributed by atoms with Crippen molar-refractivity contribution in [1.82, 2.24) is 14.7 Å². The van der Waals surface area contributed by atoms with E-state index in [4.69, 9.17) is 27.9 Å². The van der Waals surface area contributed by atoms with Crippen molar-refractivity contribution in [1.29, 1.82) is 5.26 Å². The fourth-order valence-electron chi connectivity index (χ4n) is 5.51. The molecule has 0 radical (unpaired) electrons. The summed E-state index contributed by atoms with van der Waals surface area (Å²) in [6.07, 6.45) is 5.41. The maximum absolute atomic E-state index is 16.6. The highest BCUT2D eigenvalue weighted by atomic mass is 35.5. The molecule has 1 N–H and O–H groups in total. The zero-order valence-corrected chi connectivity index (χ0v) is 24.7. The van der Waals surface area contributed by atoms with E-state index in [0.29, 0.717) is 33.7 Å².